The van der Waals surface area contributed by atoms with E-state index in [1.807, 2.05) is 4.57 Å². The molecule has 3 unspecified atom stereocenters. The Morgan fingerprint density at radius 3 is 1.42 bits per heavy atom. The summed E-state index contributed by atoms with van der Waals surface area (Å²) >= 11 is 11.9. The van der Waals surface area contributed by atoms with Gasteiger partial charge in [-0.05, 0) is 19.3 Å². The van der Waals surface area contributed by atoms with Gasteiger partial charge in [0.15, 0.2) is 44.2 Å². The average molecular weight is 1280 g/mol. The highest BCUT2D eigenvalue weighted by atomic mass is 35.5. The molecule has 0 radical (unpaired) electrons. The van der Waals surface area contributed by atoms with Gasteiger partial charge in [-0.1, -0.05) is 29.8 Å². The third-order valence-electron chi connectivity index (χ3n) is 12.4. The van der Waals surface area contributed by atoms with E-state index in [1.165, 1.54) is 41.1 Å². The Morgan fingerprint density at radius 2 is 0.977 bits per heavy atom. The molecule has 4 atom stereocenters. The number of nitrogens with one attached hydrogen (secondary N) is 1. The van der Waals surface area contributed by atoms with Crippen LogP contribution < -0.4 is 34.2 Å². The highest BCUT2D eigenvalue weighted by Gasteiger charge is 2.26. The Balaban J connectivity index is 0.000000239. The van der Waals surface area contributed by atoms with Crippen molar-refractivity contribution in [2.45, 2.75) is 58.3 Å². The Labute approximate surface area is 510 Å². The number of fused-ring (bicyclic) bond motifs is 4. The van der Waals surface area contributed by atoms with Crippen LogP contribution >= 0.6 is 23.2 Å². The largest absolute Gasteiger partial charge is 0.469 e. The van der Waals surface area contributed by atoms with Crippen LogP contribution in [0.2, 0.25) is 10.3 Å². The van der Waals surface area contributed by atoms with Gasteiger partial charge in [0.2, 0.25) is 23.8 Å². The molecular formula is C50H71Cl2N21O15. The Kier molecular flexibility index (Phi) is 28.9. The zero-order valence-corrected chi connectivity index (χ0v) is 50.1. The van der Waals surface area contributed by atoms with E-state index in [9.17, 15) is 34.2 Å². The topological polar surface area (TPSA) is 540 Å². The maximum Gasteiger partial charge on any atom is 0.333 e. The van der Waals surface area contributed by atoms with E-state index >= 15 is 0 Å². The van der Waals surface area contributed by atoms with Gasteiger partial charge in [-0.3, -0.25) is 24.2 Å². The van der Waals surface area contributed by atoms with E-state index < -0.39 is 29.8 Å². The number of rotatable bonds is 24. The molecule has 8 heterocycles. The monoisotopic (exact) mass is 1280 g/mol. The van der Waals surface area contributed by atoms with Crippen LogP contribution in [0.15, 0.2) is 42.3 Å². The fourth-order valence-corrected chi connectivity index (χ4v) is 8.48. The number of ether oxygens (including phenoxy) is 5. The van der Waals surface area contributed by atoms with Gasteiger partial charge in [0.25, 0.3) is 5.56 Å². The Hall–Kier alpha value is -9.04. The lowest BCUT2D eigenvalue weighted by Gasteiger charge is -2.15. The van der Waals surface area contributed by atoms with Gasteiger partial charge in [0.1, 0.15) is 16.6 Å². The first-order chi connectivity index (χ1) is 42.0. The van der Waals surface area contributed by atoms with Crippen molar-refractivity contribution in [3.8, 4) is 0 Å². The quantitative estimate of drug-likeness (QED) is 0.0151. The van der Waals surface area contributed by atoms with Crippen molar-refractivity contribution >= 4 is 121 Å². The molecule has 36 nitrogen and oxygen atoms in total. The van der Waals surface area contributed by atoms with Crippen LogP contribution in [0.25, 0.3) is 44.7 Å². The summed E-state index contributed by atoms with van der Waals surface area (Å²) in [7, 11) is 6.59. The van der Waals surface area contributed by atoms with Crippen LogP contribution in [0.1, 0.15) is 32.1 Å². The fraction of sp³-hybridized carbons (Fsp3) is 0.480. The maximum atomic E-state index is 11.8. The summed E-state index contributed by atoms with van der Waals surface area (Å²) in [5.41, 5.74) is 31.0. The second kappa shape index (κ2) is 35.6. The first kappa shape index (κ1) is 71.4. The van der Waals surface area contributed by atoms with Crippen molar-refractivity contribution < 1.29 is 68.4 Å². The van der Waals surface area contributed by atoms with Crippen LogP contribution in [0, 0.1) is 23.7 Å². The molecule has 0 aliphatic carbocycles. The minimum absolute atomic E-state index is 0.00595. The molecule has 480 valence electrons. The molecule has 88 heavy (non-hydrogen) atoms. The number of methoxy groups -OCH3 is 5. The molecule has 0 saturated heterocycles. The standard InChI is InChI=1S/C12H14ClN5O4.C11H16ClN5O2.C10H16N6O2.C10H15N5O3.C7H10O4/c1-21-7(19)3-6(11(20)22-2)4-18-5-15-8-9(13)16-12(14)17-10(8)18;1-19-5-7(2-3-18)4-17-6-14-8-9(12)15-11(13)16-10(8)17;11-8-7-9(15-10(12)14-8)16(5-13-7)3-6(4-18)1-2-17;11-10-13-8-7(9(18)14-10)12-5-15(8)3-6(4-17)1-2-16;1-5(7(9)11-3)4-6(8)10-2/h5-6H,3-4H2,1-2H3,(H2,14,16,17);6-7,18H,2-5H2,1H3,(H2,13,15,16);5-6,17-18H,1-4H2,(H4,11,12,14,15);5-6,16-17H,1-4H2,(H3,11,13,14,18);1,4H2,2-3H3/t;;;6-;/m...1./s1. The zero-order chi connectivity index (χ0) is 65.2. The summed E-state index contributed by atoms with van der Waals surface area (Å²) in [6.45, 7) is 5.59. The maximum absolute atomic E-state index is 11.8. The number of imidazole rings is 4. The van der Waals surface area contributed by atoms with Crippen molar-refractivity contribution in [3.63, 3.8) is 0 Å². The van der Waals surface area contributed by atoms with E-state index in [-0.39, 0.29) is 127 Å². The van der Waals surface area contributed by atoms with Gasteiger partial charge >= 0.3 is 23.9 Å². The smallest absolute Gasteiger partial charge is 0.333 e. The number of hydrogen-bond donors (Lipinski definition) is 11. The molecule has 0 aliphatic heterocycles. The second-order valence-corrected chi connectivity index (χ2v) is 19.5. The summed E-state index contributed by atoms with van der Waals surface area (Å²) in [6, 6.07) is 0. The number of halogens is 2. The molecule has 0 aliphatic rings. The number of hydrogen-bond acceptors (Lipinski definition) is 31. The Morgan fingerprint density at radius 1 is 0.557 bits per heavy atom. The normalized spacial score (nSPS) is 12.2. The molecule has 38 heteroatoms. The lowest BCUT2D eigenvalue weighted by atomic mass is 10.1. The number of aliphatic hydroxyl groups is 5. The summed E-state index contributed by atoms with van der Waals surface area (Å²) in [5, 5.41) is 45.6. The average Bonchev–Trinajstić information content (AvgIpc) is 2.04. The zero-order valence-electron chi connectivity index (χ0n) is 48.6. The van der Waals surface area contributed by atoms with Crippen molar-refractivity contribution in [2.24, 2.45) is 23.7 Å². The van der Waals surface area contributed by atoms with E-state index in [1.54, 1.807) is 33.5 Å². The number of esters is 4. The summed E-state index contributed by atoms with van der Waals surface area (Å²) in [6.07, 6.45) is 7.51. The van der Waals surface area contributed by atoms with Gasteiger partial charge < -0.3 is 96.2 Å². The highest BCUT2D eigenvalue weighted by Crippen LogP contribution is 2.24. The molecule has 0 spiro atoms. The molecule has 0 saturated carbocycles. The van der Waals surface area contributed by atoms with Crippen LogP contribution in [0.4, 0.5) is 29.6 Å². The first-order valence-electron chi connectivity index (χ1n) is 26.3. The summed E-state index contributed by atoms with van der Waals surface area (Å²) in [5.74, 6) is -2.46. The molecule has 0 amide bonds. The van der Waals surface area contributed by atoms with E-state index in [0.717, 1.165) is 0 Å². The SMILES string of the molecule is C=C(CC(=O)OC)C(=O)OC.COC(=O)CC(Cn1cnc2c(Cl)nc(N)nc21)C(=O)OC.COCC(CCO)Cn1cnc2c(Cl)nc(N)nc21.Nc1nc(N)c2ncn(CC(CO)CCO)c2n1.Nc1nc2c(ncn2C[C@H](CO)CCO)c(=O)[nH]1. The number of aliphatic hydroxyl groups excluding tert-OH is 5. The predicted octanol–water partition coefficient (Wildman–Crippen LogP) is -0.926. The Bertz CT molecular complexity index is 3650. The molecule has 16 N–H and O–H groups in total. The fourth-order valence-electron chi connectivity index (χ4n) is 8.04. The lowest BCUT2D eigenvalue weighted by molar-refractivity contribution is -0.152. The molecule has 8 rings (SSSR count). The lowest BCUT2D eigenvalue weighted by Crippen LogP contribution is -2.25. The number of aromatic amines is 1. The number of carbonyl (C=O) groups excluding carboxylic acids is 4. The van der Waals surface area contributed by atoms with Crippen molar-refractivity contribution in [3.05, 3.63) is 58.1 Å². The van der Waals surface area contributed by atoms with Crippen molar-refractivity contribution in [1.82, 2.24) is 78.1 Å². The molecule has 8 aromatic rings. The van der Waals surface area contributed by atoms with Gasteiger partial charge in [-0.15, -0.1) is 0 Å². The first-order valence-corrected chi connectivity index (χ1v) is 27.0. The van der Waals surface area contributed by atoms with E-state index in [0.29, 0.717) is 84.6 Å². The van der Waals surface area contributed by atoms with Gasteiger partial charge in [0.05, 0.1) is 79.1 Å². The number of aromatic nitrogens is 16. The number of carbonyl (C=O) groups is 4. The number of nitrogen functional groups attached to an aromatic ring is 5. The number of H-pyrrole nitrogens is 1. The third kappa shape index (κ3) is 20.6. The highest BCUT2D eigenvalue weighted by molar-refractivity contribution is 6.34. The third-order valence-corrected chi connectivity index (χ3v) is 13.0. The number of nitrogens with two attached hydrogens (primary N) is 5. The molecular weight excluding hydrogens is 1210 g/mol. The number of nitrogens with zero attached hydrogens (tertiary/aromatic N) is 15. The summed E-state index contributed by atoms with van der Waals surface area (Å²) < 4.78 is 29.8. The van der Waals surface area contributed by atoms with E-state index in [4.69, 9.17) is 76.7 Å². The van der Waals surface area contributed by atoms with Crippen molar-refractivity contribution in [2.75, 3.05) is 104 Å². The predicted molar refractivity (Wildman–Crippen MR) is 318 cm³/mol. The van der Waals surface area contributed by atoms with Gasteiger partial charge in [-0.2, -0.15) is 34.9 Å². The van der Waals surface area contributed by atoms with Crippen LogP contribution in [0.3, 0.4) is 0 Å². The van der Waals surface area contributed by atoms with Crippen molar-refractivity contribution in [1.29, 1.82) is 0 Å². The van der Waals surface area contributed by atoms with Gasteiger partial charge in [0, 0.05) is 89.7 Å². The van der Waals surface area contributed by atoms with Gasteiger partial charge in [-0.25, -0.2) is 24.7 Å². The van der Waals surface area contributed by atoms with E-state index in [2.05, 4.69) is 80.6 Å². The molecule has 0 bridgehead atoms. The minimum Gasteiger partial charge on any atom is -0.469 e. The molecule has 8 aromatic heterocycles. The molecule has 0 aromatic carbocycles. The number of anilines is 5. The van der Waals surface area contributed by atoms with Crippen LogP contribution in [-0.4, -0.2) is 203 Å². The second-order valence-electron chi connectivity index (χ2n) is 18.7. The summed E-state index contributed by atoms with van der Waals surface area (Å²) in [4.78, 5) is 102. The van der Waals surface area contributed by atoms with Crippen LogP contribution in [0.5, 0.6) is 0 Å². The molecule has 0 fully saturated rings. The minimum atomic E-state index is -0.746. The van der Waals surface area contributed by atoms with Crippen LogP contribution in [-0.2, 0) is 69.0 Å².